The zero-order valence-corrected chi connectivity index (χ0v) is 20.3. The number of anilines is 1. The van der Waals surface area contributed by atoms with Gasteiger partial charge >= 0.3 is 0 Å². The average Bonchev–Trinajstić information content (AvgIpc) is 3.30. The summed E-state index contributed by atoms with van der Waals surface area (Å²) in [5.74, 6) is 0.446. The second-order valence-electron chi connectivity index (χ2n) is 7.30. The molecule has 0 radical (unpaired) electrons. The lowest BCUT2D eigenvalue weighted by Crippen LogP contribution is -2.21. The number of benzene rings is 2. The van der Waals surface area contributed by atoms with Gasteiger partial charge in [0.2, 0.25) is 0 Å². The molecule has 2 aromatic carbocycles. The van der Waals surface area contributed by atoms with Crippen LogP contribution in [-0.2, 0) is 10.0 Å². The number of ether oxygens (including phenoxy) is 1. The van der Waals surface area contributed by atoms with Crippen LogP contribution in [0.25, 0.3) is 11.1 Å². The summed E-state index contributed by atoms with van der Waals surface area (Å²) in [5.41, 5.74) is 1.51. The van der Waals surface area contributed by atoms with E-state index in [1.807, 2.05) is 7.05 Å². The molecule has 1 saturated heterocycles. The first kappa shape index (κ1) is 22.7. The minimum atomic E-state index is -3.92. The first-order chi connectivity index (χ1) is 14.7. The van der Waals surface area contributed by atoms with E-state index in [4.69, 9.17) is 39.5 Å². The summed E-state index contributed by atoms with van der Waals surface area (Å²) in [5, 5.41) is 0.935. The maximum atomic E-state index is 13.2. The second-order valence-corrected chi connectivity index (χ2v) is 11.7. The molecule has 31 heavy (non-hydrogen) atoms. The largest absolute Gasteiger partial charge is 0.487 e. The Hall–Kier alpha value is -1.48. The van der Waals surface area contributed by atoms with Gasteiger partial charge in [0, 0.05) is 29.7 Å². The quantitative estimate of drug-likeness (QED) is 0.419. The third-order valence-electron chi connectivity index (χ3n) is 4.87. The molecular formula is C21H19Cl3N2O3S2. The van der Waals surface area contributed by atoms with E-state index in [9.17, 15) is 8.42 Å². The van der Waals surface area contributed by atoms with Crippen molar-refractivity contribution in [3.63, 3.8) is 0 Å². The summed E-state index contributed by atoms with van der Waals surface area (Å²) < 4.78 is 35.5. The van der Waals surface area contributed by atoms with Crippen molar-refractivity contribution in [3.05, 3.63) is 62.9 Å². The van der Waals surface area contributed by atoms with Crippen molar-refractivity contribution >= 4 is 61.9 Å². The molecule has 0 amide bonds. The van der Waals surface area contributed by atoms with Gasteiger partial charge in [-0.15, -0.1) is 11.3 Å². The van der Waals surface area contributed by atoms with Crippen LogP contribution in [0.2, 0.25) is 14.4 Å². The number of hydrogen-bond acceptors (Lipinski definition) is 5. The lowest BCUT2D eigenvalue weighted by molar-refractivity contribution is 0.208. The molecule has 3 aromatic rings. The number of halogens is 3. The van der Waals surface area contributed by atoms with E-state index >= 15 is 0 Å². The zero-order valence-electron chi connectivity index (χ0n) is 16.4. The van der Waals surface area contributed by atoms with E-state index in [2.05, 4.69) is 9.62 Å². The minimum Gasteiger partial charge on any atom is -0.487 e. The van der Waals surface area contributed by atoms with Gasteiger partial charge in [0.1, 0.15) is 16.1 Å². The summed E-state index contributed by atoms with van der Waals surface area (Å²) in [6, 6.07) is 13.4. The summed E-state index contributed by atoms with van der Waals surface area (Å²) in [7, 11) is -1.89. The maximum absolute atomic E-state index is 13.2. The van der Waals surface area contributed by atoms with Crippen molar-refractivity contribution in [1.29, 1.82) is 0 Å². The maximum Gasteiger partial charge on any atom is 0.272 e. The van der Waals surface area contributed by atoms with Crippen molar-refractivity contribution in [2.24, 2.45) is 0 Å². The monoisotopic (exact) mass is 516 g/mol. The minimum absolute atomic E-state index is 0.0138. The van der Waals surface area contributed by atoms with Gasteiger partial charge in [0.15, 0.2) is 0 Å². The number of nitrogens with zero attached hydrogens (tertiary/aromatic N) is 1. The molecule has 1 aliphatic heterocycles. The highest BCUT2D eigenvalue weighted by Crippen LogP contribution is 2.39. The second kappa shape index (κ2) is 9.17. The summed E-state index contributed by atoms with van der Waals surface area (Å²) in [6.07, 6.45) is 0.902. The van der Waals surface area contributed by atoms with E-state index in [0.29, 0.717) is 36.9 Å². The summed E-state index contributed by atoms with van der Waals surface area (Å²) in [4.78, 5) is 2.17. The van der Waals surface area contributed by atoms with Crippen LogP contribution in [0.4, 0.5) is 5.69 Å². The molecule has 5 nitrogen and oxygen atoms in total. The van der Waals surface area contributed by atoms with Crippen molar-refractivity contribution < 1.29 is 13.2 Å². The number of likely N-dealkylation sites (tertiary alicyclic amines) is 1. The lowest BCUT2D eigenvalue weighted by atomic mass is 10.1. The highest BCUT2D eigenvalue weighted by molar-refractivity contribution is 7.94. The van der Waals surface area contributed by atoms with Crippen LogP contribution in [0.1, 0.15) is 6.42 Å². The number of nitrogens with one attached hydrogen (secondary N) is 1. The molecule has 1 aromatic heterocycles. The van der Waals surface area contributed by atoms with E-state index in [-0.39, 0.29) is 10.3 Å². The fourth-order valence-corrected chi connectivity index (χ4v) is 6.73. The molecule has 0 bridgehead atoms. The van der Waals surface area contributed by atoms with Crippen LogP contribution >= 0.6 is 46.1 Å². The lowest BCUT2D eigenvalue weighted by Gasteiger charge is -2.16. The Balaban J connectivity index is 1.62. The van der Waals surface area contributed by atoms with Gasteiger partial charge in [-0.2, -0.15) is 0 Å². The molecule has 0 aliphatic carbocycles. The molecule has 1 fully saturated rings. The van der Waals surface area contributed by atoms with Crippen LogP contribution in [0, 0.1) is 0 Å². The Morgan fingerprint density at radius 3 is 2.65 bits per heavy atom. The van der Waals surface area contributed by atoms with Crippen LogP contribution in [0.5, 0.6) is 5.75 Å². The molecule has 164 valence electrons. The number of likely N-dealkylation sites (N-methyl/N-ethyl adjacent to an activating group) is 1. The Morgan fingerprint density at radius 2 is 1.94 bits per heavy atom. The normalized spacial score (nSPS) is 17.1. The molecule has 0 saturated carbocycles. The van der Waals surface area contributed by atoms with E-state index in [1.54, 1.807) is 48.5 Å². The van der Waals surface area contributed by atoms with Crippen LogP contribution < -0.4 is 9.46 Å². The Kier molecular flexibility index (Phi) is 6.72. The Labute approximate surface area is 200 Å². The molecule has 2 heterocycles. The SMILES string of the molecule is CN1CC[C@@H](Oc2cc(NS(=O)(=O)c3sc(Cl)cc3-c3cccc(Cl)c3)ccc2Cl)C1. The number of hydrogen-bond donors (Lipinski definition) is 1. The van der Waals surface area contributed by atoms with Crippen LogP contribution in [-0.4, -0.2) is 39.6 Å². The van der Waals surface area contributed by atoms with E-state index < -0.39 is 10.0 Å². The van der Waals surface area contributed by atoms with Gasteiger partial charge in [-0.05, 0) is 49.4 Å². The first-order valence-corrected chi connectivity index (χ1v) is 12.9. The highest BCUT2D eigenvalue weighted by atomic mass is 35.5. The number of rotatable bonds is 6. The molecule has 1 atom stereocenters. The predicted molar refractivity (Wildman–Crippen MR) is 129 cm³/mol. The van der Waals surface area contributed by atoms with E-state index in [1.165, 1.54) is 0 Å². The predicted octanol–water partition coefficient (Wildman–Crippen LogP) is 6.26. The Morgan fingerprint density at radius 1 is 1.13 bits per heavy atom. The van der Waals surface area contributed by atoms with Crippen molar-refractivity contribution in [2.45, 2.75) is 16.7 Å². The van der Waals surface area contributed by atoms with Crippen LogP contribution in [0.15, 0.2) is 52.7 Å². The van der Waals surface area contributed by atoms with Gasteiger partial charge in [0.25, 0.3) is 10.0 Å². The third kappa shape index (κ3) is 5.30. The average molecular weight is 518 g/mol. The van der Waals surface area contributed by atoms with Gasteiger partial charge in [-0.25, -0.2) is 8.42 Å². The zero-order chi connectivity index (χ0) is 22.2. The Bertz CT molecular complexity index is 1210. The van der Waals surface area contributed by atoms with Crippen LogP contribution in [0.3, 0.4) is 0 Å². The molecule has 1 N–H and O–H groups in total. The molecule has 10 heteroatoms. The topological polar surface area (TPSA) is 58.6 Å². The fraction of sp³-hybridized carbons (Fsp3) is 0.238. The summed E-state index contributed by atoms with van der Waals surface area (Å²) in [6.45, 7) is 1.74. The molecule has 0 spiro atoms. The fourth-order valence-electron chi connectivity index (χ4n) is 3.43. The smallest absolute Gasteiger partial charge is 0.272 e. The van der Waals surface area contributed by atoms with Crippen molar-refractivity contribution in [3.8, 4) is 16.9 Å². The van der Waals surface area contributed by atoms with Gasteiger partial charge in [0.05, 0.1) is 15.0 Å². The summed E-state index contributed by atoms with van der Waals surface area (Å²) >= 11 is 19.5. The number of sulfonamides is 1. The number of thiophene rings is 1. The van der Waals surface area contributed by atoms with Gasteiger partial charge in [-0.1, -0.05) is 46.9 Å². The molecule has 1 aliphatic rings. The van der Waals surface area contributed by atoms with Crippen molar-refractivity contribution in [1.82, 2.24) is 4.90 Å². The standard InChI is InChI=1S/C21H19Cl3N2O3S2/c1-26-8-7-16(12-26)29-19-10-15(5-6-18(19)23)25-31(27,28)21-17(11-20(24)30-21)13-3-2-4-14(22)9-13/h2-6,9-11,16,25H,7-8,12H2,1H3/t16-/m1/s1. The van der Waals surface area contributed by atoms with E-state index in [0.717, 1.165) is 30.8 Å². The van der Waals surface area contributed by atoms with Gasteiger partial charge < -0.3 is 9.64 Å². The third-order valence-corrected chi connectivity index (χ3v) is 8.60. The molecule has 0 unspecified atom stereocenters. The van der Waals surface area contributed by atoms with Crippen molar-refractivity contribution in [2.75, 3.05) is 24.9 Å². The first-order valence-electron chi connectivity index (χ1n) is 9.44. The highest BCUT2D eigenvalue weighted by Gasteiger charge is 2.25. The molecular weight excluding hydrogens is 499 g/mol. The van der Waals surface area contributed by atoms with Gasteiger partial charge in [-0.3, -0.25) is 4.72 Å². The molecule has 4 rings (SSSR count).